The van der Waals surface area contributed by atoms with Crippen LogP contribution in [0.5, 0.6) is 0 Å². The Bertz CT molecular complexity index is 1010. The highest BCUT2D eigenvalue weighted by atomic mass is 32.2. The van der Waals surface area contributed by atoms with Crippen LogP contribution in [0, 0.1) is 10.1 Å². The smallest absolute Gasteiger partial charge is 0.283 e. The Morgan fingerprint density at radius 1 is 1.31 bits per heavy atom. The third kappa shape index (κ3) is 5.01. The van der Waals surface area contributed by atoms with Crippen molar-refractivity contribution in [1.29, 1.82) is 0 Å². The Kier molecular flexibility index (Phi) is 7.36. The van der Waals surface area contributed by atoms with Gasteiger partial charge in [-0.2, -0.15) is 0 Å². The molecule has 1 fully saturated rings. The molecule has 10 heteroatoms. The Morgan fingerprint density at radius 2 is 2.10 bits per heavy atom. The van der Waals surface area contributed by atoms with Crippen LogP contribution >= 0.6 is 47.5 Å². The van der Waals surface area contributed by atoms with Gasteiger partial charge < -0.3 is 5.11 Å². The average Bonchev–Trinajstić information content (AvgIpc) is 2.99. The molecular weight excluding hydrogens is 448 g/mol. The molecule has 0 aromatic heterocycles. The van der Waals surface area contributed by atoms with Crippen molar-refractivity contribution in [1.82, 2.24) is 0 Å². The van der Waals surface area contributed by atoms with E-state index in [1.807, 2.05) is 30.5 Å². The van der Waals surface area contributed by atoms with Crippen molar-refractivity contribution in [2.45, 2.75) is 9.79 Å². The Balaban J connectivity index is 1.91. The predicted molar refractivity (Wildman–Crippen MR) is 125 cm³/mol. The fourth-order valence-corrected chi connectivity index (χ4v) is 5.14. The van der Waals surface area contributed by atoms with Crippen LogP contribution in [-0.2, 0) is 4.79 Å². The number of hydrogen-bond acceptors (Lipinski definition) is 8. The van der Waals surface area contributed by atoms with E-state index in [9.17, 15) is 14.9 Å². The zero-order chi connectivity index (χ0) is 21.0. The number of hydrogen-bond donors (Lipinski definition) is 1. The number of thiocarbonyl (C=S) groups is 1. The van der Waals surface area contributed by atoms with Crippen LogP contribution in [0.25, 0.3) is 6.08 Å². The number of aliphatic hydroxyl groups is 1. The zero-order valence-electron chi connectivity index (χ0n) is 15.2. The topological polar surface area (TPSA) is 83.7 Å². The molecule has 1 amide bonds. The van der Waals surface area contributed by atoms with Gasteiger partial charge in [0.2, 0.25) is 0 Å². The Hall–Kier alpha value is -1.85. The first-order valence-corrected chi connectivity index (χ1v) is 11.8. The normalized spacial score (nSPS) is 15.4. The number of aliphatic hydroxyl groups excluding tert-OH is 1. The lowest BCUT2D eigenvalue weighted by Crippen LogP contribution is -2.27. The third-order valence-corrected chi connectivity index (χ3v) is 7.00. The van der Waals surface area contributed by atoms with Gasteiger partial charge in [-0.15, -0.1) is 23.5 Å². The Labute approximate surface area is 185 Å². The molecule has 0 atom stereocenters. The summed E-state index contributed by atoms with van der Waals surface area (Å²) in [4.78, 5) is 27.2. The summed E-state index contributed by atoms with van der Waals surface area (Å²) >= 11 is 9.35. The fraction of sp³-hybridized carbons (Fsp3) is 0.158. The van der Waals surface area contributed by atoms with Gasteiger partial charge in [0.1, 0.15) is 0 Å². The molecule has 0 bridgehead atoms. The van der Waals surface area contributed by atoms with Crippen molar-refractivity contribution in [2.24, 2.45) is 0 Å². The average molecular weight is 465 g/mol. The van der Waals surface area contributed by atoms with E-state index in [0.29, 0.717) is 31.1 Å². The minimum atomic E-state index is -0.462. The van der Waals surface area contributed by atoms with Crippen LogP contribution in [0.3, 0.4) is 0 Å². The number of carbonyl (C=O) groups excluding carboxylic acids is 1. The van der Waals surface area contributed by atoms with Gasteiger partial charge in [-0.05, 0) is 42.2 Å². The molecule has 0 unspecified atom stereocenters. The van der Waals surface area contributed by atoms with Crippen LogP contribution in [0.1, 0.15) is 5.56 Å². The van der Waals surface area contributed by atoms with E-state index >= 15 is 0 Å². The molecule has 0 spiro atoms. The molecule has 29 heavy (non-hydrogen) atoms. The van der Waals surface area contributed by atoms with Crippen molar-refractivity contribution in [3.8, 4) is 0 Å². The van der Waals surface area contributed by atoms with E-state index in [-0.39, 0.29) is 18.2 Å². The van der Waals surface area contributed by atoms with E-state index in [4.69, 9.17) is 17.3 Å². The second-order valence-electron chi connectivity index (χ2n) is 5.77. The highest BCUT2D eigenvalue weighted by Crippen LogP contribution is 2.38. The zero-order valence-corrected chi connectivity index (χ0v) is 18.5. The van der Waals surface area contributed by atoms with Crippen molar-refractivity contribution in [2.75, 3.05) is 23.5 Å². The summed E-state index contributed by atoms with van der Waals surface area (Å²) in [6.45, 7) is -0.0657. The van der Waals surface area contributed by atoms with Crippen molar-refractivity contribution in [3.05, 3.63) is 63.0 Å². The van der Waals surface area contributed by atoms with Crippen LogP contribution < -0.4 is 4.90 Å². The first-order valence-electron chi connectivity index (χ1n) is 8.38. The summed E-state index contributed by atoms with van der Waals surface area (Å²) in [5.74, 6) is 0.119. The molecule has 1 aliphatic heterocycles. The molecule has 1 N–H and O–H groups in total. The highest BCUT2D eigenvalue weighted by molar-refractivity contribution is 8.27. The second-order valence-corrected chi connectivity index (χ2v) is 9.47. The summed E-state index contributed by atoms with van der Waals surface area (Å²) in [5.41, 5.74) is 1.19. The van der Waals surface area contributed by atoms with Gasteiger partial charge in [-0.25, -0.2) is 0 Å². The standard InChI is InChI=1S/C19H16N2O4S4/c1-27-14-4-2-3-13(11-14)20-18(23)17(29-19(20)26)10-12-5-6-16(28-8-7-22)15(9-12)21(24)25/h2-6,9-11,22H,7-8H2,1H3/b17-10-. The van der Waals surface area contributed by atoms with E-state index in [2.05, 4.69) is 0 Å². The van der Waals surface area contributed by atoms with Gasteiger partial charge in [0.25, 0.3) is 11.6 Å². The largest absolute Gasteiger partial charge is 0.396 e. The highest BCUT2D eigenvalue weighted by Gasteiger charge is 2.33. The lowest BCUT2D eigenvalue weighted by Gasteiger charge is -2.15. The monoisotopic (exact) mass is 464 g/mol. The predicted octanol–water partition coefficient (Wildman–Crippen LogP) is 4.81. The molecule has 1 saturated heterocycles. The SMILES string of the molecule is CSc1cccc(N2C(=O)/C(=C/c3ccc(SCCO)c([N+](=O)[O-])c3)SC2=S)c1. The maximum Gasteiger partial charge on any atom is 0.283 e. The van der Waals surface area contributed by atoms with E-state index in [1.54, 1.807) is 30.0 Å². The molecular formula is C19H16N2O4S4. The van der Waals surface area contributed by atoms with Gasteiger partial charge in [-0.1, -0.05) is 36.1 Å². The minimum Gasteiger partial charge on any atom is -0.396 e. The number of nitro groups is 1. The van der Waals surface area contributed by atoms with Crippen molar-refractivity contribution in [3.63, 3.8) is 0 Å². The molecule has 0 radical (unpaired) electrons. The van der Waals surface area contributed by atoms with Crippen molar-refractivity contribution >= 4 is 75.2 Å². The Morgan fingerprint density at radius 3 is 2.79 bits per heavy atom. The molecule has 2 aromatic carbocycles. The lowest BCUT2D eigenvalue weighted by atomic mass is 10.2. The summed E-state index contributed by atoms with van der Waals surface area (Å²) in [6, 6.07) is 12.3. The molecule has 1 heterocycles. The quantitative estimate of drug-likeness (QED) is 0.206. The number of thioether (sulfide) groups is 3. The van der Waals surface area contributed by atoms with Crippen LogP contribution in [-0.4, -0.2) is 38.9 Å². The van der Waals surface area contributed by atoms with E-state index in [1.165, 1.54) is 34.5 Å². The minimum absolute atomic E-state index is 0.0552. The fourth-order valence-electron chi connectivity index (χ4n) is 2.64. The molecule has 0 aliphatic carbocycles. The molecule has 150 valence electrons. The van der Waals surface area contributed by atoms with E-state index in [0.717, 1.165) is 4.90 Å². The lowest BCUT2D eigenvalue weighted by molar-refractivity contribution is -0.387. The van der Waals surface area contributed by atoms with Gasteiger partial charge in [0, 0.05) is 16.7 Å². The first kappa shape index (κ1) is 21.8. The van der Waals surface area contributed by atoms with Gasteiger partial charge in [0.15, 0.2) is 4.32 Å². The third-order valence-electron chi connectivity index (χ3n) is 3.93. The maximum absolute atomic E-state index is 12.9. The van der Waals surface area contributed by atoms with Gasteiger partial charge in [0.05, 0.1) is 27.0 Å². The number of benzene rings is 2. The molecule has 3 rings (SSSR count). The summed E-state index contributed by atoms with van der Waals surface area (Å²) in [7, 11) is 0. The number of amides is 1. The van der Waals surface area contributed by atoms with Gasteiger partial charge >= 0.3 is 0 Å². The van der Waals surface area contributed by atoms with Crippen LogP contribution in [0.2, 0.25) is 0 Å². The molecule has 6 nitrogen and oxygen atoms in total. The summed E-state index contributed by atoms with van der Waals surface area (Å²) in [5, 5.41) is 20.3. The summed E-state index contributed by atoms with van der Waals surface area (Å²) in [6.07, 6.45) is 3.57. The maximum atomic E-state index is 12.9. The molecule has 2 aromatic rings. The van der Waals surface area contributed by atoms with Crippen LogP contribution in [0.15, 0.2) is 57.2 Å². The number of rotatable bonds is 7. The number of nitrogens with zero attached hydrogens (tertiary/aromatic N) is 2. The molecule has 0 saturated carbocycles. The number of anilines is 1. The van der Waals surface area contributed by atoms with Crippen molar-refractivity contribution < 1.29 is 14.8 Å². The first-order chi connectivity index (χ1) is 13.9. The second kappa shape index (κ2) is 9.77. The molecule has 1 aliphatic rings. The van der Waals surface area contributed by atoms with Crippen LogP contribution in [0.4, 0.5) is 11.4 Å². The number of nitro benzene ring substituents is 1. The number of carbonyl (C=O) groups is 1. The van der Waals surface area contributed by atoms with Gasteiger partial charge in [-0.3, -0.25) is 19.8 Å². The summed E-state index contributed by atoms with van der Waals surface area (Å²) < 4.78 is 0.420. The van der Waals surface area contributed by atoms with E-state index < -0.39 is 4.92 Å².